The number of esters is 4. The molecule has 3 heterocycles. The second-order valence-electron chi connectivity index (χ2n) is 12.8. The van der Waals surface area contributed by atoms with E-state index in [-0.39, 0.29) is 31.7 Å². The van der Waals surface area contributed by atoms with Gasteiger partial charge in [-0.3, -0.25) is 14.4 Å². The van der Waals surface area contributed by atoms with E-state index in [2.05, 4.69) is 0 Å². The second kappa shape index (κ2) is 10.3. The van der Waals surface area contributed by atoms with Crippen molar-refractivity contribution < 1.29 is 57.4 Å². The van der Waals surface area contributed by atoms with Gasteiger partial charge >= 0.3 is 23.9 Å². The Morgan fingerprint density at radius 1 is 1.07 bits per heavy atom. The van der Waals surface area contributed by atoms with Crippen LogP contribution in [0.1, 0.15) is 61.3 Å². The van der Waals surface area contributed by atoms with Crippen molar-refractivity contribution in [1.29, 1.82) is 0 Å². The summed E-state index contributed by atoms with van der Waals surface area (Å²) in [5.74, 6) is -3.17. The summed E-state index contributed by atoms with van der Waals surface area (Å²) in [5, 5.41) is 11.7. The molecule has 2 saturated heterocycles. The molecule has 12 nitrogen and oxygen atoms in total. The highest BCUT2D eigenvalue weighted by Crippen LogP contribution is 2.69. The van der Waals surface area contributed by atoms with Crippen LogP contribution in [0.3, 0.4) is 0 Å². The molecule has 3 fully saturated rings. The molecule has 1 N–H and O–H groups in total. The van der Waals surface area contributed by atoms with Crippen LogP contribution >= 0.6 is 0 Å². The molecule has 3 aliphatic heterocycles. The average Bonchev–Trinajstić information content (AvgIpc) is 3.36. The van der Waals surface area contributed by atoms with E-state index in [1.54, 1.807) is 6.26 Å². The lowest BCUT2D eigenvalue weighted by molar-refractivity contribution is -0.251. The molecule has 0 bridgehead atoms. The van der Waals surface area contributed by atoms with E-state index in [1.807, 2.05) is 26.0 Å². The summed E-state index contributed by atoms with van der Waals surface area (Å²) < 4.78 is 41.0. The molecule has 0 unspecified atom stereocenters. The van der Waals surface area contributed by atoms with Gasteiger partial charge in [0.25, 0.3) is 0 Å². The van der Waals surface area contributed by atoms with Gasteiger partial charge in [-0.25, -0.2) is 4.79 Å². The lowest BCUT2D eigenvalue weighted by Crippen LogP contribution is -2.73. The number of aliphatic hydroxyl groups is 1. The maximum Gasteiger partial charge on any atom is 0.350 e. The van der Waals surface area contributed by atoms with Crippen LogP contribution < -0.4 is 0 Å². The third kappa shape index (κ3) is 4.62. The van der Waals surface area contributed by atoms with Gasteiger partial charge in [0.1, 0.15) is 18.3 Å². The Morgan fingerprint density at radius 2 is 1.76 bits per heavy atom. The number of hydrogen-bond donors (Lipinski definition) is 1. The number of rotatable bonds is 7. The van der Waals surface area contributed by atoms with E-state index < -0.39 is 76.4 Å². The molecule has 2 aliphatic carbocycles. The molecule has 10 atom stereocenters. The first-order valence-corrected chi connectivity index (χ1v) is 14.3. The highest BCUT2D eigenvalue weighted by molar-refractivity contribution is 5.82. The average molecular weight is 593 g/mol. The lowest BCUT2D eigenvalue weighted by Gasteiger charge is -2.62. The van der Waals surface area contributed by atoms with Crippen LogP contribution in [0.15, 0.2) is 24.0 Å². The number of epoxide rings is 1. The number of ether oxygens (including phenoxy) is 7. The van der Waals surface area contributed by atoms with Crippen LogP contribution in [0.2, 0.25) is 0 Å². The van der Waals surface area contributed by atoms with Crippen molar-refractivity contribution in [3.63, 3.8) is 0 Å². The van der Waals surface area contributed by atoms with Crippen LogP contribution in [-0.2, 0) is 52.3 Å². The first-order chi connectivity index (χ1) is 19.6. The largest absolute Gasteiger partial charge is 0.472 e. The summed E-state index contributed by atoms with van der Waals surface area (Å²) in [6.07, 6.45) is 1.91. The molecule has 5 rings (SSSR count). The predicted molar refractivity (Wildman–Crippen MR) is 142 cm³/mol. The van der Waals surface area contributed by atoms with E-state index in [0.717, 1.165) is 5.57 Å². The number of fused-ring (bicyclic) bond motifs is 3. The van der Waals surface area contributed by atoms with Crippen molar-refractivity contribution in [1.82, 2.24) is 0 Å². The number of aliphatic hydroxyl groups excluding tert-OH is 1. The first-order valence-electron chi connectivity index (χ1n) is 14.3. The molecule has 0 amide bonds. The van der Waals surface area contributed by atoms with Gasteiger partial charge in [0.2, 0.25) is 11.9 Å². The topological polar surface area (TPSA) is 156 Å². The zero-order chi connectivity index (χ0) is 30.8. The zero-order valence-corrected chi connectivity index (χ0v) is 25.0. The normalized spacial score (nSPS) is 41.6. The van der Waals surface area contributed by atoms with Gasteiger partial charge in [0.05, 0.1) is 30.5 Å². The van der Waals surface area contributed by atoms with Crippen molar-refractivity contribution >= 4 is 23.9 Å². The first kappa shape index (κ1) is 30.5. The summed E-state index contributed by atoms with van der Waals surface area (Å²) in [6, 6.07) is 0. The molecule has 5 aliphatic rings. The van der Waals surface area contributed by atoms with E-state index in [0.29, 0.717) is 6.42 Å². The Hall–Kier alpha value is -2.96. The van der Waals surface area contributed by atoms with Crippen molar-refractivity contribution in [3.8, 4) is 0 Å². The lowest BCUT2D eigenvalue weighted by atomic mass is 9.44. The fraction of sp³-hybridized carbons (Fsp3) is 0.733. The summed E-state index contributed by atoms with van der Waals surface area (Å²) in [4.78, 5) is 49.7. The SMILES string of the molecule is CC(=O)OC[C@@]12[C@@H](OC(C)=O)C=C(C)[C@](C)([C@@H]3C[C@H]4C=CO[C@H]4O3)[C@H]1C[C@@H](O)[C@H](OC(=O)C(C)(C)OC(C)=O)[C@]21CO1. The van der Waals surface area contributed by atoms with Crippen LogP contribution in [-0.4, -0.2) is 84.1 Å². The Kier molecular flexibility index (Phi) is 7.51. The molecule has 0 aromatic carbocycles. The number of carbonyl (C=O) groups excluding carboxylic acids is 4. The Balaban J connectivity index is 1.63. The summed E-state index contributed by atoms with van der Waals surface area (Å²) in [5.41, 5.74) is -4.23. The highest BCUT2D eigenvalue weighted by Gasteiger charge is 2.81. The highest BCUT2D eigenvalue weighted by atomic mass is 16.7. The maximum absolute atomic E-state index is 13.3. The number of carbonyl (C=O) groups is 4. The summed E-state index contributed by atoms with van der Waals surface area (Å²) >= 11 is 0. The fourth-order valence-electron chi connectivity index (χ4n) is 7.75. The van der Waals surface area contributed by atoms with Gasteiger partial charge in [-0.15, -0.1) is 0 Å². The van der Waals surface area contributed by atoms with Crippen molar-refractivity contribution in [3.05, 3.63) is 24.0 Å². The van der Waals surface area contributed by atoms with Crippen molar-refractivity contribution in [2.45, 2.75) is 103 Å². The smallest absolute Gasteiger partial charge is 0.350 e. The van der Waals surface area contributed by atoms with E-state index in [4.69, 9.17) is 33.2 Å². The van der Waals surface area contributed by atoms with Crippen LogP contribution in [0.25, 0.3) is 0 Å². The third-order valence-corrected chi connectivity index (χ3v) is 9.91. The van der Waals surface area contributed by atoms with E-state index in [9.17, 15) is 24.3 Å². The zero-order valence-electron chi connectivity index (χ0n) is 25.0. The van der Waals surface area contributed by atoms with Gasteiger partial charge in [0.15, 0.2) is 6.10 Å². The van der Waals surface area contributed by atoms with Crippen LogP contribution in [0, 0.1) is 22.7 Å². The van der Waals surface area contributed by atoms with E-state index in [1.165, 1.54) is 34.6 Å². The monoisotopic (exact) mass is 592 g/mol. The van der Waals surface area contributed by atoms with Gasteiger partial charge in [0, 0.05) is 32.1 Å². The molecule has 42 heavy (non-hydrogen) atoms. The summed E-state index contributed by atoms with van der Waals surface area (Å²) in [6.45, 7) is 10.3. The van der Waals surface area contributed by atoms with Crippen molar-refractivity contribution in [2.24, 2.45) is 22.7 Å². The van der Waals surface area contributed by atoms with Gasteiger partial charge in [-0.2, -0.15) is 0 Å². The molecular weight excluding hydrogens is 552 g/mol. The summed E-state index contributed by atoms with van der Waals surface area (Å²) in [7, 11) is 0. The molecule has 12 heteroatoms. The Labute approximate surface area is 244 Å². The molecule has 0 aromatic heterocycles. The molecular formula is C30H40O12. The van der Waals surface area contributed by atoms with E-state index >= 15 is 0 Å². The van der Waals surface area contributed by atoms with Gasteiger partial charge < -0.3 is 38.3 Å². The van der Waals surface area contributed by atoms with Crippen molar-refractivity contribution in [2.75, 3.05) is 13.2 Å². The molecule has 1 saturated carbocycles. The predicted octanol–water partition coefficient (Wildman–Crippen LogP) is 2.11. The fourth-order valence-corrected chi connectivity index (χ4v) is 7.75. The Bertz CT molecular complexity index is 1220. The number of hydrogen-bond acceptors (Lipinski definition) is 12. The minimum absolute atomic E-state index is 0.0249. The van der Waals surface area contributed by atoms with Crippen LogP contribution in [0.4, 0.5) is 0 Å². The minimum Gasteiger partial charge on any atom is -0.472 e. The Morgan fingerprint density at radius 3 is 2.33 bits per heavy atom. The molecule has 1 spiro atoms. The molecule has 0 aromatic rings. The standard InChI is InChI=1S/C30H40O12/c1-15-10-23(39-17(3)32)29(13-37-16(2)31)21(28(15,7)22-11-19-8-9-36-25(19)40-22)12-20(34)24(30(29)14-38-30)41-26(35)27(5,6)42-18(4)33/h8-10,19-25,34H,11-14H2,1-7H3/t19-,20-,21-,22+,23+,24+,25+,28+,29+,30-/m1/s1. The minimum atomic E-state index is -1.66. The quantitative estimate of drug-likeness (QED) is 0.199. The maximum atomic E-state index is 13.3. The van der Waals surface area contributed by atoms with Gasteiger partial charge in [-0.1, -0.05) is 12.5 Å². The third-order valence-electron chi connectivity index (χ3n) is 9.91. The second-order valence-corrected chi connectivity index (χ2v) is 12.8. The van der Waals surface area contributed by atoms with Gasteiger partial charge in [-0.05, 0) is 51.7 Å². The molecule has 232 valence electrons. The van der Waals surface area contributed by atoms with Crippen LogP contribution in [0.5, 0.6) is 0 Å². The molecule has 0 radical (unpaired) electrons.